The lowest BCUT2D eigenvalue weighted by Crippen LogP contribution is -2.42. The zero-order valence-electron chi connectivity index (χ0n) is 16.0. The van der Waals surface area contributed by atoms with Crippen molar-refractivity contribution in [2.45, 2.75) is 64.7 Å². The molecular weight excluding hydrogens is 344 g/mol. The second kappa shape index (κ2) is 12.5. The minimum absolute atomic E-state index is 0.0519. The average Bonchev–Trinajstić information content (AvgIpc) is 3.36. The van der Waals surface area contributed by atoms with Crippen LogP contribution in [0, 0.1) is 0 Å². The molecule has 24 heavy (non-hydrogen) atoms. The third kappa shape index (κ3) is 9.05. The molecule has 0 amide bonds. The summed E-state index contributed by atoms with van der Waals surface area (Å²) in [5.74, 6) is -0.867. The van der Waals surface area contributed by atoms with E-state index in [9.17, 15) is 0 Å². The van der Waals surface area contributed by atoms with Crippen molar-refractivity contribution < 1.29 is 28.4 Å². The molecular formula is C16H36O6Si2. The maximum absolute atomic E-state index is 5.99. The monoisotopic (exact) mass is 380 g/mol. The molecule has 144 valence electrons. The van der Waals surface area contributed by atoms with Crippen LogP contribution in [0.5, 0.6) is 0 Å². The first-order valence-corrected chi connectivity index (χ1v) is 15.4. The van der Waals surface area contributed by atoms with Gasteiger partial charge in [0.25, 0.3) is 5.97 Å². The first kappa shape index (κ1) is 22.2. The molecule has 1 aliphatic heterocycles. The standard InChI is InChI=1S/C16H36O6Si2/c1-6-17-15(18-7-2)23-24(5)11-10-16(20-8-3,21-9-4)22-13-14-12-19-14/h14-15,24H,6-13,23H2,1-5H3. The molecule has 0 aromatic carbocycles. The average molecular weight is 381 g/mol. The van der Waals surface area contributed by atoms with Crippen molar-refractivity contribution in [2.24, 2.45) is 0 Å². The molecule has 0 aromatic rings. The van der Waals surface area contributed by atoms with Gasteiger partial charge in [0.1, 0.15) is 12.0 Å². The Hall–Kier alpha value is 0.194. The Morgan fingerprint density at radius 2 is 1.62 bits per heavy atom. The first-order chi connectivity index (χ1) is 11.6. The van der Waals surface area contributed by atoms with Crippen molar-refractivity contribution in [3.8, 4) is 0 Å². The van der Waals surface area contributed by atoms with Crippen LogP contribution in [0.25, 0.3) is 0 Å². The van der Waals surface area contributed by atoms with Gasteiger partial charge in [0.15, 0.2) is 0 Å². The highest BCUT2D eigenvalue weighted by molar-refractivity contribution is 7.12. The van der Waals surface area contributed by atoms with Crippen LogP contribution in [-0.4, -0.2) is 75.0 Å². The van der Waals surface area contributed by atoms with Crippen LogP contribution in [0.4, 0.5) is 0 Å². The zero-order chi connectivity index (χ0) is 17.8. The van der Waals surface area contributed by atoms with E-state index in [4.69, 9.17) is 28.4 Å². The van der Waals surface area contributed by atoms with Gasteiger partial charge < -0.3 is 28.4 Å². The summed E-state index contributed by atoms with van der Waals surface area (Å²) in [6, 6.07) is 1.11. The number of ether oxygens (including phenoxy) is 6. The molecule has 0 aromatic heterocycles. The summed E-state index contributed by atoms with van der Waals surface area (Å²) >= 11 is 0. The van der Waals surface area contributed by atoms with Crippen LogP contribution < -0.4 is 0 Å². The predicted molar refractivity (Wildman–Crippen MR) is 99.7 cm³/mol. The van der Waals surface area contributed by atoms with Gasteiger partial charge in [0.05, 0.1) is 22.3 Å². The quantitative estimate of drug-likeness (QED) is 0.229. The van der Waals surface area contributed by atoms with Crippen LogP contribution in [0.15, 0.2) is 0 Å². The van der Waals surface area contributed by atoms with Gasteiger partial charge in [-0.2, -0.15) is 0 Å². The highest BCUT2D eigenvalue weighted by Crippen LogP contribution is 2.25. The van der Waals surface area contributed by atoms with Crippen LogP contribution in [0.2, 0.25) is 12.6 Å². The van der Waals surface area contributed by atoms with E-state index in [1.165, 1.54) is 0 Å². The van der Waals surface area contributed by atoms with Crippen molar-refractivity contribution in [1.29, 1.82) is 0 Å². The second-order valence-electron chi connectivity index (χ2n) is 6.04. The van der Waals surface area contributed by atoms with Crippen molar-refractivity contribution in [2.75, 3.05) is 39.6 Å². The Balaban J connectivity index is 2.50. The fourth-order valence-corrected chi connectivity index (χ4v) is 9.18. The smallest absolute Gasteiger partial charge is 0.282 e. The van der Waals surface area contributed by atoms with E-state index in [0.29, 0.717) is 33.0 Å². The van der Waals surface area contributed by atoms with E-state index in [2.05, 4.69) is 6.55 Å². The molecule has 2 atom stereocenters. The van der Waals surface area contributed by atoms with Crippen LogP contribution in [-0.2, 0) is 28.4 Å². The normalized spacial score (nSPS) is 19.5. The van der Waals surface area contributed by atoms with Crippen LogP contribution in [0.1, 0.15) is 34.1 Å². The van der Waals surface area contributed by atoms with Crippen LogP contribution >= 0.6 is 0 Å². The van der Waals surface area contributed by atoms with E-state index < -0.39 is 14.3 Å². The van der Waals surface area contributed by atoms with Crippen molar-refractivity contribution in [1.82, 2.24) is 0 Å². The topological polar surface area (TPSA) is 58.7 Å². The zero-order valence-corrected chi connectivity index (χ0v) is 18.6. The third-order valence-corrected chi connectivity index (χ3v) is 11.6. The molecule has 2 unspecified atom stereocenters. The maximum atomic E-state index is 5.99. The number of epoxide rings is 1. The first-order valence-electron chi connectivity index (χ1n) is 9.35. The molecule has 0 spiro atoms. The maximum Gasteiger partial charge on any atom is 0.282 e. The molecule has 6 nitrogen and oxygen atoms in total. The molecule has 1 rings (SSSR count). The Labute approximate surface area is 150 Å². The summed E-state index contributed by atoms with van der Waals surface area (Å²) in [5.41, 5.74) is 0. The lowest BCUT2D eigenvalue weighted by Gasteiger charge is -2.33. The van der Waals surface area contributed by atoms with Crippen molar-refractivity contribution >= 4 is 17.4 Å². The van der Waals surface area contributed by atoms with Gasteiger partial charge in [-0.3, -0.25) is 0 Å². The van der Waals surface area contributed by atoms with E-state index in [-0.39, 0.29) is 21.1 Å². The largest absolute Gasteiger partial charge is 0.371 e. The SMILES string of the molecule is CCOC(OCC)[SiH2][SiH](C)CCC(OCC)(OCC)OCC1CO1. The molecule has 1 fully saturated rings. The summed E-state index contributed by atoms with van der Waals surface area (Å²) in [6.45, 7) is 14.3. The number of hydrogen-bond acceptors (Lipinski definition) is 6. The molecule has 1 aliphatic rings. The summed E-state index contributed by atoms with van der Waals surface area (Å²) < 4.78 is 34.4. The van der Waals surface area contributed by atoms with Crippen molar-refractivity contribution in [3.05, 3.63) is 0 Å². The van der Waals surface area contributed by atoms with Gasteiger partial charge >= 0.3 is 0 Å². The molecule has 0 bridgehead atoms. The Morgan fingerprint density at radius 1 is 1.04 bits per heavy atom. The van der Waals surface area contributed by atoms with E-state index in [0.717, 1.165) is 19.1 Å². The molecule has 0 saturated carbocycles. The Bertz CT molecular complexity index is 305. The second-order valence-corrected chi connectivity index (χ2v) is 15.6. The molecule has 0 radical (unpaired) electrons. The van der Waals surface area contributed by atoms with E-state index >= 15 is 0 Å². The summed E-state index contributed by atoms with van der Waals surface area (Å²) in [6.07, 6.45) is 0.974. The van der Waals surface area contributed by atoms with Gasteiger partial charge in [-0.15, -0.1) is 0 Å². The number of hydrogen-bond donors (Lipinski definition) is 0. The molecule has 1 heterocycles. The minimum atomic E-state index is -0.919. The predicted octanol–water partition coefficient (Wildman–Crippen LogP) is 1.40. The summed E-state index contributed by atoms with van der Waals surface area (Å²) in [4.78, 5) is 0. The fourth-order valence-electron chi connectivity index (χ4n) is 2.59. The summed E-state index contributed by atoms with van der Waals surface area (Å²) in [5, 5.41) is 0. The molecule has 0 N–H and O–H groups in total. The van der Waals surface area contributed by atoms with Gasteiger partial charge in [-0.25, -0.2) is 0 Å². The van der Waals surface area contributed by atoms with E-state index in [1.54, 1.807) is 0 Å². The fraction of sp³-hybridized carbons (Fsp3) is 1.00. The minimum Gasteiger partial charge on any atom is -0.371 e. The third-order valence-electron chi connectivity index (χ3n) is 3.86. The van der Waals surface area contributed by atoms with Gasteiger partial charge in [0, 0.05) is 41.2 Å². The number of rotatable bonds is 16. The highest BCUT2D eigenvalue weighted by atomic mass is 29.2. The molecule has 0 aliphatic carbocycles. The van der Waals surface area contributed by atoms with Gasteiger partial charge in [-0.05, 0) is 27.7 Å². The Morgan fingerprint density at radius 3 is 2.08 bits per heavy atom. The van der Waals surface area contributed by atoms with Crippen molar-refractivity contribution in [3.63, 3.8) is 0 Å². The Kier molecular flexibility index (Phi) is 11.6. The van der Waals surface area contributed by atoms with Gasteiger partial charge in [0.2, 0.25) is 0 Å². The highest BCUT2D eigenvalue weighted by Gasteiger charge is 2.36. The molecule has 8 heteroatoms. The summed E-state index contributed by atoms with van der Waals surface area (Å²) in [7, 11) is -1.27. The molecule has 1 saturated heterocycles. The lowest BCUT2D eigenvalue weighted by molar-refractivity contribution is -0.379. The van der Waals surface area contributed by atoms with Crippen LogP contribution in [0.3, 0.4) is 0 Å². The van der Waals surface area contributed by atoms with Gasteiger partial charge in [-0.1, -0.05) is 12.6 Å². The van der Waals surface area contributed by atoms with E-state index in [1.807, 2.05) is 27.7 Å². The lowest BCUT2D eigenvalue weighted by atomic mass is 10.4.